The highest BCUT2D eigenvalue weighted by Crippen LogP contribution is 2.43. The van der Waals surface area contributed by atoms with Gasteiger partial charge in [-0.15, -0.1) is 0 Å². The van der Waals surface area contributed by atoms with Gasteiger partial charge in [0.15, 0.2) is 0 Å². The van der Waals surface area contributed by atoms with Crippen LogP contribution in [0.3, 0.4) is 0 Å². The molecule has 1 aliphatic carbocycles. The van der Waals surface area contributed by atoms with Gasteiger partial charge in [-0.25, -0.2) is 0 Å². The van der Waals surface area contributed by atoms with Crippen LogP contribution in [-0.2, 0) is 0 Å². The average molecular weight is 288 g/mol. The zero-order valence-electron chi connectivity index (χ0n) is 11.5. The number of rotatable bonds is 2. The minimum atomic E-state index is 0.239. The van der Waals surface area contributed by atoms with Crippen LogP contribution in [0, 0.1) is 0 Å². The van der Waals surface area contributed by atoms with Crippen molar-refractivity contribution in [3.8, 4) is 5.75 Å². The molecule has 0 spiro atoms. The van der Waals surface area contributed by atoms with Crippen LogP contribution in [0.1, 0.15) is 37.8 Å². The number of benzene rings is 2. The van der Waals surface area contributed by atoms with Crippen LogP contribution in [0.4, 0.5) is 0 Å². The fraction of sp³-hybridized carbons (Fsp3) is 0.412. The molecule has 1 aliphatic heterocycles. The van der Waals surface area contributed by atoms with Gasteiger partial charge in [0.1, 0.15) is 5.75 Å². The topological polar surface area (TPSA) is 21.3 Å². The third-order valence-corrected chi connectivity index (χ3v) is 4.56. The molecule has 0 radical (unpaired) electrons. The van der Waals surface area contributed by atoms with Crippen LogP contribution in [0.25, 0.3) is 10.8 Å². The van der Waals surface area contributed by atoms with Crippen molar-refractivity contribution in [3.05, 3.63) is 40.9 Å². The lowest BCUT2D eigenvalue weighted by molar-refractivity contribution is 0.168. The van der Waals surface area contributed by atoms with E-state index in [0.717, 1.165) is 28.0 Å². The van der Waals surface area contributed by atoms with E-state index in [2.05, 4.69) is 30.4 Å². The van der Waals surface area contributed by atoms with Gasteiger partial charge in [0.2, 0.25) is 0 Å². The molecule has 2 nitrogen and oxygen atoms in total. The molecule has 20 heavy (non-hydrogen) atoms. The quantitative estimate of drug-likeness (QED) is 0.881. The van der Waals surface area contributed by atoms with Crippen LogP contribution >= 0.6 is 11.6 Å². The van der Waals surface area contributed by atoms with E-state index < -0.39 is 0 Å². The molecular formula is C17H18ClNO. The molecule has 0 amide bonds. The van der Waals surface area contributed by atoms with E-state index in [9.17, 15) is 0 Å². The molecular weight excluding hydrogens is 270 g/mol. The fourth-order valence-corrected chi connectivity index (χ4v) is 3.40. The van der Waals surface area contributed by atoms with Gasteiger partial charge < -0.3 is 10.1 Å². The Hall–Kier alpha value is -1.25. The van der Waals surface area contributed by atoms with Crippen molar-refractivity contribution in [2.45, 2.75) is 44.4 Å². The first kappa shape index (κ1) is 12.5. The smallest absolute Gasteiger partial charge is 0.132 e. The molecule has 0 aromatic heterocycles. The van der Waals surface area contributed by atoms with Crippen molar-refractivity contribution in [3.63, 3.8) is 0 Å². The first-order valence-electron chi connectivity index (χ1n) is 7.36. The molecule has 1 N–H and O–H groups in total. The summed E-state index contributed by atoms with van der Waals surface area (Å²) in [4.78, 5) is 0. The normalized spacial score (nSPS) is 25.3. The lowest BCUT2D eigenvalue weighted by Crippen LogP contribution is -2.32. The van der Waals surface area contributed by atoms with Gasteiger partial charge in [0.05, 0.1) is 6.10 Å². The monoisotopic (exact) mass is 287 g/mol. The largest absolute Gasteiger partial charge is 0.490 e. The average Bonchev–Trinajstić information content (AvgIpc) is 3.25. The summed E-state index contributed by atoms with van der Waals surface area (Å²) in [5, 5.41) is 6.76. The van der Waals surface area contributed by atoms with Crippen molar-refractivity contribution in [1.82, 2.24) is 5.32 Å². The molecule has 2 atom stereocenters. The Morgan fingerprint density at radius 1 is 1.20 bits per heavy atom. The maximum atomic E-state index is 6.46. The summed E-state index contributed by atoms with van der Waals surface area (Å²) in [5.74, 6) is 1.02. The predicted octanol–water partition coefficient (Wildman–Crippen LogP) is 4.46. The van der Waals surface area contributed by atoms with Crippen LogP contribution < -0.4 is 10.1 Å². The highest BCUT2D eigenvalue weighted by molar-refractivity contribution is 6.36. The third kappa shape index (κ3) is 2.07. The number of ether oxygens (including phenoxy) is 1. The van der Waals surface area contributed by atoms with Crippen molar-refractivity contribution in [2.24, 2.45) is 0 Å². The summed E-state index contributed by atoms with van der Waals surface area (Å²) in [6.07, 6.45) is 3.84. The van der Waals surface area contributed by atoms with Gasteiger partial charge in [0, 0.05) is 39.9 Å². The highest BCUT2D eigenvalue weighted by Gasteiger charge is 2.32. The second-order valence-electron chi connectivity index (χ2n) is 5.98. The number of nitrogens with one attached hydrogen (secondary N) is 1. The van der Waals surface area contributed by atoms with Crippen LogP contribution in [-0.4, -0.2) is 12.1 Å². The van der Waals surface area contributed by atoms with Gasteiger partial charge in [0.25, 0.3) is 0 Å². The first-order valence-corrected chi connectivity index (χ1v) is 7.74. The standard InChI is InChI=1S/C17H18ClNO/c1-10-8-16(19-11-6-7-11)14-9-15(18)12-4-2-3-5-13(12)17(14)20-10/h2-5,9-11,16,19H,6-8H2,1H3. The van der Waals surface area contributed by atoms with Crippen molar-refractivity contribution < 1.29 is 4.74 Å². The Bertz CT molecular complexity index is 665. The molecule has 104 valence electrons. The van der Waals surface area contributed by atoms with Crippen molar-refractivity contribution >= 4 is 22.4 Å². The summed E-state index contributed by atoms with van der Waals surface area (Å²) in [7, 11) is 0. The van der Waals surface area contributed by atoms with E-state index in [1.165, 1.54) is 18.4 Å². The van der Waals surface area contributed by atoms with Crippen LogP contribution in [0.2, 0.25) is 5.02 Å². The first-order chi connectivity index (χ1) is 9.72. The van der Waals surface area contributed by atoms with Gasteiger partial charge in [-0.2, -0.15) is 0 Å². The molecule has 3 heteroatoms. The molecule has 1 heterocycles. The van der Waals surface area contributed by atoms with E-state index in [4.69, 9.17) is 16.3 Å². The van der Waals surface area contributed by atoms with Gasteiger partial charge in [-0.3, -0.25) is 0 Å². The van der Waals surface area contributed by atoms with E-state index >= 15 is 0 Å². The molecule has 2 unspecified atom stereocenters. The van der Waals surface area contributed by atoms with E-state index in [0.29, 0.717) is 12.1 Å². The molecule has 1 fully saturated rings. The maximum absolute atomic E-state index is 6.46. The second kappa shape index (κ2) is 4.64. The Kier molecular flexibility index (Phi) is 2.90. The minimum absolute atomic E-state index is 0.239. The van der Waals surface area contributed by atoms with E-state index in [1.54, 1.807) is 0 Å². The van der Waals surface area contributed by atoms with E-state index in [-0.39, 0.29) is 6.10 Å². The lowest BCUT2D eigenvalue weighted by atomic mass is 9.93. The summed E-state index contributed by atoms with van der Waals surface area (Å²) in [6.45, 7) is 2.15. The summed E-state index contributed by atoms with van der Waals surface area (Å²) >= 11 is 6.46. The molecule has 2 aromatic rings. The van der Waals surface area contributed by atoms with E-state index in [1.807, 2.05) is 12.1 Å². The van der Waals surface area contributed by atoms with Crippen molar-refractivity contribution in [2.75, 3.05) is 0 Å². The Morgan fingerprint density at radius 3 is 2.70 bits per heavy atom. The second-order valence-corrected chi connectivity index (χ2v) is 6.39. The molecule has 0 saturated heterocycles. The Balaban J connectivity index is 1.88. The zero-order chi connectivity index (χ0) is 13.7. The summed E-state index contributed by atoms with van der Waals surface area (Å²) in [5.41, 5.74) is 1.22. The minimum Gasteiger partial charge on any atom is -0.490 e. The molecule has 2 aromatic carbocycles. The van der Waals surface area contributed by atoms with Crippen LogP contribution in [0.15, 0.2) is 30.3 Å². The third-order valence-electron chi connectivity index (χ3n) is 4.25. The maximum Gasteiger partial charge on any atom is 0.132 e. The number of fused-ring (bicyclic) bond motifs is 3. The van der Waals surface area contributed by atoms with Gasteiger partial charge >= 0.3 is 0 Å². The van der Waals surface area contributed by atoms with Gasteiger partial charge in [-0.1, -0.05) is 35.9 Å². The Labute approximate surface area is 124 Å². The lowest BCUT2D eigenvalue weighted by Gasteiger charge is -2.32. The summed E-state index contributed by atoms with van der Waals surface area (Å²) in [6, 6.07) is 11.4. The molecule has 4 rings (SSSR count). The fourth-order valence-electron chi connectivity index (χ4n) is 3.12. The van der Waals surface area contributed by atoms with Crippen molar-refractivity contribution in [1.29, 1.82) is 0 Å². The number of hydrogen-bond acceptors (Lipinski definition) is 2. The molecule has 2 aliphatic rings. The SMILES string of the molecule is CC1CC(NC2CC2)c2cc(Cl)c3ccccc3c2O1. The highest BCUT2D eigenvalue weighted by atomic mass is 35.5. The van der Waals surface area contributed by atoms with Crippen LogP contribution in [0.5, 0.6) is 5.75 Å². The number of hydrogen-bond donors (Lipinski definition) is 1. The summed E-state index contributed by atoms with van der Waals surface area (Å²) < 4.78 is 6.13. The molecule has 1 saturated carbocycles. The number of halogens is 1. The molecule has 0 bridgehead atoms. The van der Waals surface area contributed by atoms with Gasteiger partial charge in [-0.05, 0) is 25.8 Å². The predicted molar refractivity (Wildman–Crippen MR) is 82.6 cm³/mol. The Morgan fingerprint density at radius 2 is 1.95 bits per heavy atom. The zero-order valence-corrected chi connectivity index (χ0v) is 12.3.